The Kier molecular flexibility index (Phi) is 7.30. The van der Waals surface area contributed by atoms with Gasteiger partial charge in [0.2, 0.25) is 10.0 Å². The van der Waals surface area contributed by atoms with Crippen molar-refractivity contribution < 1.29 is 18.3 Å². The molecular weight excluding hydrogens is 405 g/mol. The van der Waals surface area contributed by atoms with Crippen molar-refractivity contribution in [2.24, 2.45) is 0 Å². The van der Waals surface area contributed by atoms with Gasteiger partial charge in [-0.3, -0.25) is 4.90 Å². The zero-order valence-electron chi connectivity index (χ0n) is 16.6. The molecule has 2 aliphatic carbocycles. The Labute approximate surface area is 209 Å². The van der Waals surface area contributed by atoms with Crippen LogP contribution in [0.3, 0.4) is 0 Å². The van der Waals surface area contributed by atoms with E-state index in [4.69, 9.17) is 0 Å². The number of carbonyl (C=O) groups excluding carboxylic acids is 1. The van der Waals surface area contributed by atoms with Crippen LogP contribution in [0.2, 0.25) is 0 Å². The summed E-state index contributed by atoms with van der Waals surface area (Å²) in [5.41, 5.74) is 5.78. The molecular formula is C19H27KN3O4S. The van der Waals surface area contributed by atoms with Gasteiger partial charge in [0.25, 0.3) is 0 Å². The van der Waals surface area contributed by atoms with Gasteiger partial charge in [-0.05, 0) is 67.7 Å². The summed E-state index contributed by atoms with van der Waals surface area (Å²) in [6.07, 6.45) is 5.58. The molecule has 28 heavy (non-hydrogen) atoms. The van der Waals surface area contributed by atoms with Gasteiger partial charge in [0.05, 0.1) is 6.10 Å². The summed E-state index contributed by atoms with van der Waals surface area (Å²) in [5, 5.41) is 11.6. The van der Waals surface area contributed by atoms with E-state index in [1.165, 1.54) is 22.3 Å². The SMILES string of the molecule is CC(O)CN1CC(S(=O)(=O)NC(=O)Nc2c3c(cc4c2CCC4)CCC3)C1.[K]. The van der Waals surface area contributed by atoms with E-state index in [9.17, 15) is 18.3 Å². The number of nitrogens with one attached hydrogen (secondary N) is 2. The molecule has 1 saturated heterocycles. The van der Waals surface area contributed by atoms with Crippen molar-refractivity contribution in [3.05, 3.63) is 28.3 Å². The quantitative estimate of drug-likeness (QED) is 0.598. The van der Waals surface area contributed by atoms with Crippen molar-refractivity contribution in [3.63, 3.8) is 0 Å². The number of aliphatic hydroxyl groups excluding tert-OH is 1. The summed E-state index contributed by atoms with van der Waals surface area (Å²) < 4.78 is 27.1. The van der Waals surface area contributed by atoms with Crippen LogP contribution in [-0.2, 0) is 35.7 Å². The first-order valence-electron chi connectivity index (χ1n) is 9.73. The molecule has 1 heterocycles. The van der Waals surface area contributed by atoms with Crippen LogP contribution in [0, 0.1) is 0 Å². The van der Waals surface area contributed by atoms with Crippen LogP contribution in [0.25, 0.3) is 0 Å². The van der Waals surface area contributed by atoms with Crippen LogP contribution in [0.1, 0.15) is 42.0 Å². The molecule has 1 aliphatic heterocycles. The maximum absolute atomic E-state index is 12.5. The fraction of sp³-hybridized carbons (Fsp3) is 0.632. The van der Waals surface area contributed by atoms with Gasteiger partial charge in [-0.25, -0.2) is 17.9 Å². The van der Waals surface area contributed by atoms with Crippen molar-refractivity contribution in [3.8, 4) is 0 Å². The zero-order chi connectivity index (χ0) is 19.2. The number of amides is 2. The van der Waals surface area contributed by atoms with Crippen molar-refractivity contribution >= 4 is 73.1 Å². The van der Waals surface area contributed by atoms with Crippen LogP contribution >= 0.6 is 0 Å². The molecule has 0 bridgehead atoms. The number of fused-ring (bicyclic) bond motifs is 2. The smallest absolute Gasteiger partial charge is 0.332 e. The summed E-state index contributed by atoms with van der Waals surface area (Å²) >= 11 is 0. The monoisotopic (exact) mass is 432 g/mol. The Balaban J connectivity index is 0.00000225. The van der Waals surface area contributed by atoms with E-state index < -0.39 is 27.4 Å². The molecule has 2 amide bonds. The number of likely N-dealkylation sites (tertiary alicyclic amines) is 1. The van der Waals surface area contributed by atoms with Gasteiger partial charge in [-0.15, -0.1) is 0 Å². The van der Waals surface area contributed by atoms with E-state index in [2.05, 4.69) is 16.1 Å². The Hall–Kier alpha value is -0.00364. The minimum atomic E-state index is -3.73. The number of benzene rings is 1. The van der Waals surface area contributed by atoms with Gasteiger partial charge in [-0.2, -0.15) is 0 Å². The standard InChI is InChI=1S/C19H27N3O4S.K/c1-12(23)9-22-10-15(11-22)27(25,26)21-19(24)20-18-16-6-2-4-13(16)8-14-5-3-7-17(14)18;/h8,12,15,23H,2-7,9-11H2,1H3,(H2,20,21,24);. The number of urea groups is 1. The topological polar surface area (TPSA) is 98.7 Å². The molecule has 0 aromatic heterocycles. The zero-order valence-corrected chi connectivity index (χ0v) is 20.6. The predicted octanol–water partition coefficient (Wildman–Crippen LogP) is 0.800. The van der Waals surface area contributed by atoms with Gasteiger partial charge < -0.3 is 10.4 Å². The minimum absolute atomic E-state index is 0. The first kappa shape index (κ1) is 22.7. The van der Waals surface area contributed by atoms with Crippen molar-refractivity contribution in [1.29, 1.82) is 0 Å². The molecule has 1 unspecified atom stereocenters. The second kappa shape index (κ2) is 9.01. The second-order valence-corrected chi connectivity index (χ2v) is 9.99. The van der Waals surface area contributed by atoms with Gasteiger partial charge in [-0.1, -0.05) is 6.07 Å². The fourth-order valence-corrected chi connectivity index (χ4v) is 5.85. The van der Waals surface area contributed by atoms with E-state index in [-0.39, 0.29) is 51.4 Å². The maximum Gasteiger partial charge on any atom is 0.332 e. The molecule has 3 aliphatic rings. The number of aryl methyl sites for hydroxylation is 2. The van der Waals surface area contributed by atoms with Crippen molar-refractivity contribution in [2.45, 2.75) is 56.8 Å². The summed E-state index contributed by atoms with van der Waals surface area (Å²) in [5.74, 6) is 0. The number of aliphatic hydroxyl groups is 1. The number of carbonyl (C=O) groups is 1. The van der Waals surface area contributed by atoms with Crippen LogP contribution in [0.5, 0.6) is 0 Å². The Morgan fingerprint density at radius 1 is 1.18 bits per heavy atom. The number of nitrogens with zero attached hydrogens (tertiary/aromatic N) is 1. The largest absolute Gasteiger partial charge is 0.392 e. The Morgan fingerprint density at radius 2 is 1.75 bits per heavy atom. The summed E-state index contributed by atoms with van der Waals surface area (Å²) in [7, 11) is -3.73. The maximum atomic E-state index is 12.5. The normalized spacial score (nSPS) is 19.9. The van der Waals surface area contributed by atoms with Gasteiger partial charge in [0.1, 0.15) is 5.25 Å². The van der Waals surface area contributed by atoms with Gasteiger partial charge >= 0.3 is 6.03 Å². The Bertz CT molecular complexity index is 834. The van der Waals surface area contributed by atoms with E-state index in [0.717, 1.165) is 44.2 Å². The van der Waals surface area contributed by atoms with E-state index >= 15 is 0 Å². The van der Waals surface area contributed by atoms with Crippen LogP contribution in [-0.4, -0.2) is 107 Å². The fourth-order valence-electron chi connectivity index (χ4n) is 4.56. The molecule has 1 radical (unpaired) electrons. The minimum Gasteiger partial charge on any atom is -0.392 e. The number of β-amino-alcohol motifs (C(OH)–C–C–N with tert-alkyl or cyclic N) is 1. The molecule has 0 spiro atoms. The molecule has 0 saturated carbocycles. The predicted molar refractivity (Wildman–Crippen MR) is 109 cm³/mol. The third-order valence-corrected chi connectivity index (χ3v) is 7.48. The van der Waals surface area contributed by atoms with Gasteiger partial charge in [0.15, 0.2) is 0 Å². The van der Waals surface area contributed by atoms with Crippen molar-refractivity contribution in [2.75, 3.05) is 25.0 Å². The number of sulfonamides is 1. The number of anilines is 1. The first-order valence-corrected chi connectivity index (χ1v) is 11.3. The molecule has 1 aromatic carbocycles. The number of hydrogen-bond donors (Lipinski definition) is 3. The Morgan fingerprint density at radius 3 is 2.29 bits per heavy atom. The molecule has 1 atom stereocenters. The average Bonchev–Trinajstić information content (AvgIpc) is 3.17. The second-order valence-electron chi connectivity index (χ2n) is 8.02. The van der Waals surface area contributed by atoms with Crippen LogP contribution in [0.4, 0.5) is 10.5 Å². The van der Waals surface area contributed by atoms with E-state index in [0.29, 0.717) is 19.6 Å². The summed E-state index contributed by atoms with van der Waals surface area (Å²) in [4.78, 5) is 14.3. The molecule has 1 aromatic rings. The molecule has 1 fully saturated rings. The molecule has 3 N–H and O–H groups in total. The van der Waals surface area contributed by atoms with E-state index in [1.807, 2.05) is 4.90 Å². The molecule has 4 rings (SSSR count). The third kappa shape index (κ3) is 4.67. The first-order chi connectivity index (χ1) is 12.8. The van der Waals surface area contributed by atoms with Crippen LogP contribution in [0.15, 0.2) is 6.07 Å². The van der Waals surface area contributed by atoms with Crippen LogP contribution < -0.4 is 10.0 Å². The van der Waals surface area contributed by atoms with Crippen molar-refractivity contribution in [1.82, 2.24) is 9.62 Å². The van der Waals surface area contributed by atoms with E-state index in [1.54, 1.807) is 6.92 Å². The number of rotatable bonds is 5. The third-order valence-electron chi connectivity index (χ3n) is 5.83. The van der Waals surface area contributed by atoms with Gasteiger partial charge in [0, 0.05) is 76.7 Å². The molecule has 7 nitrogen and oxygen atoms in total. The summed E-state index contributed by atoms with van der Waals surface area (Å²) in [6, 6.07) is 1.61. The average molecular weight is 433 g/mol. The molecule has 9 heteroatoms. The summed E-state index contributed by atoms with van der Waals surface area (Å²) in [6.45, 7) is 2.79. The molecule has 149 valence electrons. The number of hydrogen-bond acceptors (Lipinski definition) is 5.